The molecule has 0 fully saturated rings. The monoisotopic (exact) mass is 476 g/mol. The Morgan fingerprint density at radius 3 is 1.97 bits per heavy atom. The summed E-state index contributed by atoms with van der Waals surface area (Å²) in [4.78, 5) is 0. The lowest BCUT2D eigenvalue weighted by atomic mass is 9.96. The molecule has 0 aliphatic rings. The van der Waals surface area contributed by atoms with Crippen molar-refractivity contribution in [2.45, 2.75) is 32.4 Å². The van der Waals surface area contributed by atoms with Gasteiger partial charge in [0.05, 0.1) is 11.1 Å². The zero-order chi connectivity index (χ0) is 24.6. The number of rotatable bonds is 5. The van der Waals surface area contributed by atoms with E-state index in [0.29, 0.717) is 34.6 Å². The van der Waals surface area contributed by atoms with Gasteiger partial charge in [-0.05, 0) is 77.2 Å². The van der Waals surface area contributed by atoms with Crippen molar-refractivity contribution in [3.63, 3.8) is 0 Å². The van der Waals surface area contributed by atoms with Gasteiger partial charge in [-0.1, -0.05) is 37.3 Å². The molecule has 0 radical (unpaired) electrons. The van der Waals surface area contributed by atoms with Gasteiger partial charge >= 0.3 is 6.18 Å². The topological polar surface area (TPSA) is 0 Å². The third-order valence-corrected chi connectivity index (χ3v) is 5.85. The fourth-order valence-corrected chi connectivity index (χ4v) is 4.01. The van der Waals surface area contributed by atoms with Gasteiger partial charge in [0.15, 0.2) is 0 Å². The van der Waals surface area contributed by atoms with Crippen LogP contribution in [0.2, 0.25) is 0 Å². The number of halogens is 7. The summed E-state index contributed by atoms with van der Waals surface area (Å²) in [6.07, 6.45) is -4.03. The van der Waals surface area contributed by atoms with Gasteiger partial charge in [-0.3, -0.25) is 0 Å². The number of hydrogen-bond donors (Lipinski definition) is 0. The van der Waals surface area contributed by atoms with Crippen LogP contribution in [0.3, 0.4) is 0 Å². The first-order valence-electron chi connectivity index (χ1n) is 10.6. The average molecular weight is 476 g/mol. The molecule has 4 aromatic rings. The smallest absolute Gasteiger partial charge is 0.206 e. The standard InChI is InChI=1S/C27H19F7/c1-2-15-11-23(29)25(24(30)12-15)19-8-9-20-18(14-19)7-6-17(26(20)31)5-3-16-4-10-21(22(28)13-16)27(32,33)34/h4,6-14H,2-3,5H2,1H3. The molecule has 0 saturated carbocycles. The van der Waals surface area contributed by atoms with Crippen LogP contribution in [-0.2, 0) is 25.4 Å². The van der Waals surface area contributed by atoms with Crippen LogP contribution < -0.4 is 0 Å². The fraction of sp³-hybridized carbons (Fsp3) is 0.185. The van der Waals surface area contributed by atoms with E-state index in [1.165, 1.54) is 42.5 Å². The minimum absolute atomic E-state index is 0.135. The van der Waals surface area contributed by atoms with Crippen molar-refractivity contribution in [2.75, 3.05) is 0 Å². The molecule has 7 heteroatoms. The van der Waals surface area contributed by atoms with Gasteiger partial charge in [-0.2, -0.15) is 13.2 Å². The summed E-state index contributed by atoms with van der Waals surface area (Å²) in [6.45, 7) is 1.79. The van der Waals surface area contributed by atoms with E-state index in [1.807, 2.05) is 0 Å². The van der Waals surface area contributed by atoms with E-state index < -0.39 is 35.0 Å². The first kappa shape index (κ1) is 23.8. The van der Waals surface area contributed by atoms with Crippen LogP contribution in [0.4, 0.5) is 30.7 Å². The molecule has 0 atom stereocenters. The molecule has 0 aliphatic carbocycles. The Morgan fingerprint density at radius 2 is 1.35 bits per heavy atom. The van der Waals surface area contributed by atoms with Crippen molar-refractivity contribution >= 4 is 10.8 Å². The Kier molecular flexibility index (Phi) is 6.39. The molecule has 0 aromatic heterocycles. The van der Waals surface area contributed by atoms with Gasteiger partial charge < -0.3 is 0 Å². The number of fused-ring (bicyclic) bond motifs is 1. The molecule has 4 aromatic carbocycles. The molecule has 0 N–H and O–H groups in total. The molecule has 0 spiro atoms. The zero-order valence-corrected chi connectivity index (χ0v) is 18.0. The Hall–Kier alpha value is -3.35. The van der Waals surface area contributed by atoms with E-state index in [9.17, 15) is 26.3 Å². The van der Waals surface area contributed by atoms with Gasteiger partial charge in [-0.15, -0.1) is 0 Å². The second-order valence-corrected chi connectivity index (χ2v) is 8.07. The maximum absolute atomic E-state index is 15.1. The summed E-state index contributed by atoms with van der Waals surface area (Å²) in [6, 6.07) is 12.7. The highest BCUT2D eigenvalue weighted by atomic mass is 19.4. The van der Waals surface area contributed by atoms with E-state index in [-0.39, 0.29) is 29.4 Å². The number of hydrogen-bond acceptors (Lipinski definition) is 0. The highest BCUT2D eigenvalue weighted by molar-refractivity contribution is 5.88. The van der Waals surface area contributed by atoms with E-state index >= 15 is 4.39 Å². The first-order valence-corrected chi connectivity index (χ1v) is 10.6. The summed E-state index contributed by atoms with van der Waals surface area (Å²) < 4.78 is 96.0. The highest BCUT2D eigenvalue weighted by Gasteiger charge is 2.33. The van der Waals surface area contributed by atoms with Crippen LogP contribution >= 0.6 is 0 Å². The molecular formula is C27H19F7. The second kappa shape index (κ2) is 9.12. The quantitative estimate of drug-likeness (QED) is 0.254. The van der Waals surface area contributed by atoms with Gasteiger partial charge in [-0.25, -0.2) is 17.6 Å². The summed E-state index contributed by atoms with van der Waals surface area (Å²) >= 11 is 0. The minimum atomic E-state index is -4.78. The van der Waals surface area contributed by atoms with Crippen molar-refractivity contribution in [3.8, 4) is 11.1 Å². The molecule has 0 saturated heterocycles. The van der Waals surface area contributed by atoms with Crippen LogP contribution in [0.1, 0.15) is 29.2 Å². The third-order valence-electron chi connectivity index (χ3n) is 5.85. The number of alkyl halides is 3. The summed E-state index contributed by atoms with van der Waals surface area (Å²) in [5.74, 6) is -3.31. The van der Waals surface area contributed by atoms with Crippen molar-refractivity contribution in [1.29, 1.82) is 0 Å². The molecular weight excluding hydrogens is 457 g/mol. The van der Waals surface area contributed by atoms with E-state index in [1.54, 1.807) is 13.0 Å². The normalized spacial score (nSPS) is 11.9. The molecule has 34 heavy (non-hydrogen) atoms. The van der Waals surface area contributed by atoms with Crippen LogP contribution in [0, 0.1) is 23.3 Å². The fourth-order valence-electron chi connectivity index (χ4n) is 4.01. The van der Waals surface area contributed by atoms with Crippen LogP contribution in [0.25, 0.3) is 21.9 Å². The van der Waals surface area contributed by atoms with Gasteiger partial charge in [0, 0.05) is 5.39 Å². The lowest BCUT2D eigenvalue weighted by molar-refractivity contribution is -0.140. The third kappa shape index (κ3) is 4.65. The summed E-state index contributed by atoms with van der Waals surface area (Å²) in [7, 11) is 0. The first-order chi connectivity index (χ1) is 16.1. The molecule has 0 unspecified atom stereocenters. The zero-order valence-electron chi connectivity index (χ0n) is 18.0. The second-order valence-electron chi connectivity index (χ2n) is 8.07. The van der Waals surface area contributed by atoms with Gasteiger partial charge in [0.1, 0.15) is 23.3 Å². The Bertz CT molecular complexity index is 1350. The van der Waals surface area contributed by atoms with Crippen molar-refractivity contribution in [3.05, 3.63) is 106 Å². The van der Waals surface area contributed by atoms with E-state index in [0.717, 1.165) is 6.07 Å². The lowest BCUT2D eigenvalue weighted by Crippen LogP contribution is -2.08. The van der Waals surface area contributed by atoms with Crippen molar-refractivity contribution in [2.24, 2.45) is 0 Å². The van der Waals surface area contributed by atoms with Crippen LogP contribution in [0.15, 0.2) is 60.7 Å². The van der Waals surface area contributed by atoms with Gasteiger partial charge in [0.2, 0.25) is 0 Å². The maximum Gasteiger partial charge on any atom is 0.419 e. The lowest BCUT2D eigenvalue weighted by Gasteiger charge is -2.12. The molecule has 0 amide bonds. The molecule has 0 heterocycles. The predicted molar refractivity (Wildman–Crippen MR) is 117 cm³/mol. The largest absolute Gasteiger partial charge is 0.419 e. The Balaban J connectivity index is 1.60. The van der Waals surface area contributed by atoms with E-state index in [2.05, 4.69) is 0 Å². The summed E-state index contributed by atoms with van der Waals surface area (Å²) in [5, 5.41) is 0.684. The maximum atomic E-state index is 15.1. The van der Waals surface area contributed by atoms with Crippen LogP contribution in [-0.4, -0.2) is 0 Å². The average Bonchev–Trinajstić information content (AvgIpc) is 2.77. The van der Waals surface area contributed by atoms with Crippen molar-refractivity contribution in [1.82, 2.24) is 0 Å². The molecule has 0 nitrogen and oxygen atoms in total. The van der Waals surface area contributed by atoms with Crippen LogP contribution in [0.5, 0.6) is 0 Å². The summed E-state index contributed by atoms with van der Waals surface area (Å²) in [5.41, 5.74) is -0.123. The van der Waals surface area contributed by atoms with E-state index in [4.69, 9.17) is 0 Å². The Morgan fingerprint density at radius 1 is 0.676 bits per heavy atom. The SMILES string of the molecule is CCc1cc(F)c(-c2ccc3c(F)c(CCc4ccc(C(F)(F)F)c(F)c4)ccc3c2)c(F)c1. The Labute approximate surface area is 191 Å². The number of aryl methyl sites for hydroxylation is 3. The van der Waals surface area contributed by atoms with Crippen molar-refractivity contribution < 1.29 is 30.7 Å². The number of benzene rings is 4. The van der Waals surface area contributed by atoms with Gasteiger partial charge in [0.25, 0.3) is 0 Å². The molecule has 176 valence electrons. The molecule has 4 rings (SSSR count). The predicted octanol–water partition coefficient (Wildman–Crippen LogP) is 8.43. The molecule has 0 bridgehead atoms. The highest BCUT2D eigenvalue weighted by Crippen LogP contribution is 2.33. The minimum Gasteiger partial charge on any atom is -0.206 e. The molecule has 0 aliphatic heterocycles.